The third-order valence-electron chi connectivity index (χ3n) is 4.87. The first-order valence-corrected chi connectivity index (χ1v) is 10.6. The number of hydrogen-bond acceptors (Lipinski definition) is 7. The molecule has 3 rings (SSSR count). The summed E-state index contributed by atoms with van der Waals surface area (Å²) in [6.45, 7) is 5.25. The Hall–Kier alpha value is -3.66. The Morgan fingerprint density at radius 3 is 2.61 bits per heavy atom. The highest BCUT2D eigenvalue weighted by molar-refractivity contribution is 9.10. The van der Waals surface area contributed by atoms with Gasteiger partial charge >= 0.3 is 5.69 Å². The highest BCUT2D eigenvalue weighted by Crippen LogP contribution is 2.30. The molecule has 0 saturated heterocycles. The van der Waals surface area contributed by atoms with Crippen molar-refractivity contribution in [1.29, 1.82) is 0 Å². The number of methoxy groups -OCH3 is 1. The molecule has 0 saturated carbocycles. The molecule has 0 atom stereocenters. The normalized spacial score (nSPS) is 10.9. The van der Waals surface area contributed by atoms with Gasteiger partial charge in [0, 0.05) is 4.47 Å². The molecule has 172 valence electrons. The van der Waals surface area contributed by atoms with Crippen molar-refractivity contribution in [2.75, 3.05) is 19.0 Å². The van der Waals surface area contributed by atoms with Gasteiger partial charge in [0.2, 0.25) is 5.76 Å². The molecule has 10 heteroatoms. The summed E-state index contributed by atoms with van der Waals surface area (Å²) in [6.07, 6.45) is 3.09. The van der Waals surface area contributed by atoms with E-state index >= 15 is 0 Å². The van der Waals surface area contributed by atoms with Crippen LogP contribution < -0.4 is 14.8 Å². The summed E-state index contributed by atoms with van der Waals surface area (Å²) < 4.78 is 16.8. The van der Waals surface area contributed by atoms with E-state index in [-0.39, 0.29) is 29.7 Å². The third kappa shape index (κ3) is 5.78. The maximum atomic E-state index is 12.4. The van der Waals surface area contributed by atoms with E-state index in [1.807, 2.05) is 26.0 Å². The first kappa shape index (κ1) is 24.0. The number of aryl methyl sites for hydroxylation is 3. The number of nitro groups is 1. The first-order chi connectivity index (χ1) is 15.7. The quantitative estimate of drug-likeness (QED) is 0.312. The molecule has 0 radical (unpaired) electrons. The minimum Gasteiger partial charge on any atom is -0.493 e. The number of carbonyl (C=O) groups is 1. The van der Waals surface area contributed by atoms with E-state index in [0.29, 0.717) is 22.7 Å². The number of rotatable bonds is 8. The first-order valence-electron chi connectivity index (χ1n) is 9.85. The molecule has 0 aliphatic carbocycles. The Labute approximate surface area is 198 Å². The van der Waals surface area contributed by atoms with E-state index in [1.165, 1.54) is 20.1 Å². The van der Waals surface area contributed by atoms with Crippen LogP contribution in [0, 0.1) is 30.9 Å². The SMILES string of the molecule is COc1cc(/C=C\c2onc(C)c2[N+](=O)[O-])ccc1OCC(=O)Nc1cc(C)c(C)cc1Br. The van der Waals surface area contributed by atoms with Crippen molar-refractivity contribution in [1.82, 2.24) is 5.16 Å². The number of benzene rings is 2. The molecule has 0 bridgehead atoms. The van der Waals surface area contributed by atoms with Crippen molar-refractivity contribution >= 4 is 45.4 Å². The van der Waals surface area contributed by atoms with Crippen molar-refractivity contribution in [3.63, 3.8) is 0 Å². The van der Waals surface area contributed by atoms with Crippen LogP contribution in [0.5, 0.6) is 11.5 Å². The maximum Gasteiger partial charge on any atom is 0.338 e. The zero-order chi connectivity index (χ0) is 24.1. The standard InChI is InChI=1S/C23H22BrN3O6/c1-13-9-17(24)18(10-14(13)2)25-22(28)12-32-19-7-5-16(11-21(19)31-4)6-8-20-23(27(29)30)15(3)26-33-20/h5-11H,12H2,1-4H3,(H,25,28)/b8-6-. The number of carbonyl (C=O) groups excluding carboxylic acids is 1. The van der Waals surface area contributed by atoms with Crippen molar-refractivity contribution in [2.24, 2.45) is 0 Å². The number of hydrogen-bond donors (Lipinski definition) is 1. The van der Waals surface area contributed by atoms with E-state index in [1.54, 1.807) is 24.3 Å². The maximum absolute atomic E-state index is 12.4. The van der Waals surface area contributed by atoms with Crippen LogP contribution in [-0.4, -0.2) is 29.7 Å². The molecule has 1 aromatic heterocycles. The van der Waals surface area contributed by atoms with Crippen LogP contribution in [0.4, 0.5) is 11.4 Å². The van der Waals surface area contributed by atoms with Crippen LogP contribution in [0.2, 0.25) is 0 Å². The third-order valence-corrected chi connectivity index (χ3v) is 5.53. The van der Waals surface area contributed by atoms with Gasteiger partial charge in [0.25, 0.3) is 5.91 Å². The van der Waals surface area contributed by atoms with Gasteiger partial charge in [0.05, 0.1) is 17.7 Å². The molecule has 1 N–H and O–H groups in total. The molecule has 33 heavy (non-hydrogen) atoms. The fraction of sp³-hybridized carbons (Fsp3) is 0.217. The second-order valence-corrected chi connectivity index (χ2v) is 8.09. The Morgan fingerprint density at radius 2 is 1.91 bits per heavy atom. The number of anilines is 1. The molecule has 1 amide bonds. The lowest BCUT2D eigenvalue weighted by Crippen LogP contribution is -2.20. The monoisotopic (exact) mass is 515 g/mol. The summed E-state index contributed by atoms with van der Waals surface area (Å²) in [4.78, 5) is 23.0. The minimum atomic E-state index is -0.537. The minimum absolute atomic E-state index is 0.0472. The number of amides is 1. The molecule has 2 aromatic carbocycles. The number of nitrogens with zero attached hydrogens (tertiary/aromatic N) is 2. The van der Waals surface area contributed by atoms with E-state index < -0.39 is 4.92 Å². The van der Waals surface area contributed by atoms with Gasteiger partial charge < -0.3 is 19.3 Å². The van der Waals surface area contributed by atoms with Crippen LogP contribution in [-0.2, 0) is 4.79 Å². The zero-order valence-electron chi connectivity index (χ0n) is 18.5. The van der Waals surface area contributed by atoms with Crippen LogP contribution in [0.3, 0.4) is 0 Å². The summed E-state index contributed by atoms with van der Waals surface area (Å²) >= 11 is 3.45. The smallest absolute Gasteiger partial charge is 0.338 e. The number of halogens is 1. The van der Waals surface area contributed by atoms with Crippen LogP contribution >= 0.6 is 15.9 Å². The van der Waals surface area contributed by atoms with Crippen LogP contribution in [0.25, 0.3) is 12.2 Å². The fourth-order valence-electron chi connectivity index (χ4n) is 3.00. The molecule has 9 nitrogen and oxygen atoms in total. The van der Waals surface area contributed by atoms with Gasteiger partial charge in [-0.15, -0.1) is 0 Å². The van der Waals surface area contributed by atoms with Crippen molar-refractivity contribution in [3.8, 4) is 11.5 Å². The summed E-state index contributed by atoms with van der Waals surface area (Å²) in [5, 5.41) is 17.6. The van der Waals surface area contributed by atoms with Gasteiger partial charge in [-0.05, 0) is 83.7 Å². The Bertz CT molecular complexity index is 1240. The van der Waals surface area contributed by atoms with Crippen molar-refractivity contribution < 1.29 is 23.7 Å². The average molecular weight is 516 g/mol. The Kier molecular flexibility index (Phi) is 7.49. The summed E-state index contributed by atoms with van der Waals surface area (Å²) in [5.41, 5.74) is 3.54. The molecular weight excluding hydrogens is 494 g/mol. The van der Waals surface area contributed by atoms with Gasteiger partial charge in [-0.3, -0.25) is 14.9 Å². The van der Waals surface area contributed by atoms with Crippen molar-refractivity contribution in [3.05, 3.63) is 73.1 Å². The molecule has 0 aliphatic heterocycles. The largest absolute Gasteiger partial charge is 0.493 e. The van der Waals surface area contributed by atoms with Gasteiger partial charge in [0.15, 0.2) is 23.8 Å². The number of aromatic nitrogens is 1. The predicted octanol–water partition coefficient (Wildman–Crippen LogP) is 5.47. The fourth-order valence-corrected chi connectivity index (χ4v) is 3.56. The van der Waals surface area contributed by atoms with Gasteiger partial charge in [0.1, 0.15) is 0 Å². The van der Waals surface area contributed by atoms with Crippen molar-refractivity contribution in [2.45, 2.75) is 20.8 Å². The van der Waals surface area contributed by atoms with E-state index in [2.05, 4.69) is 26.4 Å². The highest BCUT2D eigenvalue weighted by Gasteiger charge is 2.22. The molecule has 0 fully saturated rings. The molecule has 0 spiro atoms. The molecular formula is C23H22BrN3O6. The zero-order valence-corrected chi connectivity index (χ0v) is 20.1. The number of nitrogens with one attached hydrogen (secondary N) is 1. The summed E-state index contributed by atoms with van der Waals surface area (Å²) in [5.74, 6) is 0.509. The summed E-state index contributed by atoms with van der Waals surface area (Å²) in [7, 11) is 1.48. The second kappa shape index (κ2) is 10.3. The van der Waals surface area contributed by atoms with Crippen LogP contribution in [0.15, 0.2) is 39.3 Å². The molecule has 0 aliphatic rings. The number of ether oxygens (including phenoxy) is 2. The lowest BCUT2D eigenvalue weighted by Gasteiger charge is -2.13. The topological polar surface area (TPSA) is 117 Å². The van der Waals surface area contributed by atoms with Gasteiger partial charge in [-0.25, -0.2) is 0 Å². The lowest BCUT2D eigenvalue weighted by atomic mass is 10.1. The molecule has 1 heterocycles. The Balaban J connectivity index is 1.68. The van der Waals surface area contributed by atoms with Crippen LogP contribution in [0.1, 0.15) is 28.1 Å². The lowest BCUT2D eigenvalue weighted by molar-refractivity contribution is -0.386. The Morgan fingerprint density at radius 1 is 1.18 bits per heavy atom. The van der Waals surface area contributed by atoms with E-state index in [9.17, 15) is 14.9 Å². The average Bonchev–Trinajstić information content (AvgIpc) is 3.15. The highest BCUT2D eigenvalue weighted by atomic mass is 79.9. The second-order valence-electron chi connectivity index (χ2n) is 7.23. The van der Waals surface area contributed by atoms with E-state index in [0.717, 1.165) is 15.6 Å². The molecule has 3 aromatic rings. The summed E-state index contributed by atoms with van der Waals surface area (Å²) in [6, 6.07) is 8.88. The molecule has 0 unspecified atom stereocenters. The van der Waals surface area contributed by atoms with Gasteiger partial charge in [-0.2, -0.15) is 0 Å². The van der Waals surface area contributed by atoms with Gasteiger partial charge in [-0.1, -0.05) is 17.3 Å². The van der Waals surface area contributed by atoms with E-state index in [4.69, 9.17) is 14.0 Å². The predicted molar refractivity (Wildman–Crippen MR) is 128 cm³/mol.